The van der Waals surface area contributed by atoms with Gasteiger partial charge in [0.1, 0.15) is 0 Å². The van der Waals surface area contributed by atoms with Crippen LogP contribution >= 0.6 is 0 Å². The fraction of sp³-hybridized carbons (Fsp3) is 0.588. The summed E-state index contributed by atoms with van der Waals surface area (Å²) in [6.45, 7) is 1.78. The van der Waals surface area contributed by atoms with E-state index in [-0.39, 0.29) is 5.54 Å². The third-order valence-corrected chi connectivity index (χ3v) is 4.47. The zero-order chi connectivity index (χ0) is 15.0. The molecule has 1 aliphatic heterocycles. The lowest BCUT2D eigenvalue weighted by molar-refractivity contribution is 0.0796. The summed E-state index contributed by atoms with van der Waals surface area (Å²) in [6, 6.07) is 8.64. The van der Waals surface area contributed by atoms with Crippen LogP contribution in [0.5, 0.6) is 0 Å². The van der Waals surface area contributed by atoms with Crippen molar-refractivity contribution in [3.8, 4) is 12.1 Å². The van der Waals surface area contributed by atoms with Gasteiger partial charge in [0, 0.05) is 37.3 Å². The molecule has 1 fully saturated rings. The van der Waals surface area contributed by atoms with Crippen molar-refractivity contribution in [3.63, 3.8) is 0 Å². The second-order valence-corrected chi connectivity index (χ2v) is 5.64. The molecule has 0 spiro atoms. The summed E-state index contributed by atoms with van der Waals surface area (Å²) in [5.74, 6) is 0. The van der Waals surface area contributed by atoms with E-state index in [1.54, 1.807) is 6.20 Å². The molecule has 0 radical (unpaired) electrons. The van der Waals surface area contributed by atoms with E-state index in [0.717, 1.165) is 25.9 Å². The molecular formula is C17H22N4. The van der Waals surface area contributed by atoms with Crippen LogP contribution in [0.2, 0.25) is 0 Å². The highest BCUT2D eigenvalue weighted by Crippen LogP contribution is 2.40. The first-order chi connectivity index (χ1) is 10.3. The van der Waals surface area contributed by atoms with E-state index in [0.29, 0.717) is 12.8 Å². The van der Waals surface area contributed by atoms with E-state index in [1.807, 2.05) is 12.3 Å². The molecule has 0 saturated carbocycles. The van der Waals surface area contributed by atoms with Crippen molar-refractivity contribution in [3.05, 3.63) is 30.1 Å². The minimum Gasteiger partial charge on any atom is -0.292 e. The minimum atomic E-state index is -0.128. The fourth-order valence-corrected chi connectivity index (χ4v) is 3.43. The first kappa shape index (κ1) is 15.5. The van der Waals surface area contributed by atoms with Crippen LogP contribution in [0.3, 0.4) is 0 Å². The van der Waals surface area contributed by atoms with Crippen molar-refractivity contribution in [1.29, 1.82) is 10.5 Å². The molecule has 0 N–H and O–H groups in total. The number of nitrogens with zero attached hydrogens (tertiary/aromatic N) is 4. The highest BCUT2D eigenvalue weighted by Gasteiger charge is 2.38. The van der Waals surface area contributed by atoms with Crippen molar-refractivity contribution in [2.45, 2.75) is 50.5 Å². The van der Waals surface area contributed by atoms with Crippen LogP contribution in [0.25, 0.3) is 0 Å². The number of likely N-dealkylation sites (tertiary alicyclic amines) is 1. The van der Waals surface area contributed by atoms with Crippen LogP contribution in [0, 0.1) is 22.7 Å². The predicted molar refractivity (Wildman–Crippen MR) is 81.0 cm³/mol. The number of hydrogen-bond acceptors (Lipinski definition) is 4. The number of pyridine rings is 1. The fourth-order valence-electron chi connectivity index (χ4n) is 3.43. The Labute approximate surface area is 127 Å². The lowest BCUT2D eigenvalue weighted by atomic mass is 9.81. The van der Waals surface area contributed by atoms with Gasteiger partial charge in [-0.15, -0.1) is 0 Å². The van der Waals surface area contributed by atoms with Crippen molar-refractivity contribution >= 4 is 0 Å². The summed E-state index contributed by atoms with van der Waals surface area (Å²) in [5, 5.41) is 18.0. The van der Waals surface area contributed by atoms with Gasteiger partial charge in [-0.25, -0.2) is 0 Å². The Morgan fingerprint density at radius 3 is 2.76 bits per heavy atom. The quantitative estimate of drug-likeness (QED) is 0.830. The molecular weight excluding hydrogens is 260 g/mol. The molecule has 4 heteroatoms. The van der Waals surface area contributed by atoms with E-state index in [9.17, 15) is 0 Å². The normalized spacial score (nSPS) is 23.0. The average molecular weight is 282 g/mol. The molecule has 1 atom stereocenters. The van der Waals surface area contributed by atoms with Crippen LogP contribution in [0.15, 0.2) is 24.5 Å². The van der Waals surface area contributed by atoms with Gasteiger partial charge in [-0.05, 0) is 37.4 Å². The SMILES string of the molecule is N#CCCN1CCCCC[C@@]1(CCC#N)c1cccnc1. The summed E-state index contributed by atoms with van der Waals surface area (Å²) < 4.78 is 0. The number of hydrogen-bond donors (Lipinski definition) is 0. The Kier molecular flexibility index (Phi) is 5.72. The standard InChI is InChI=1S/C17H22N4/c18-10-5-9-17(16-7-4-12-20-15-16)8-2-1-3-13-21(17)14-6-11-19/h4,7,12,15H,1-3,5-6,8-9,13-14H2/t17-/m1/s1. The van der Waals surface area contributed by atoms with Crippen LogP contribution in [0.1, 0.15) is 50.5 Å². The summed E-state index contributed by atoms with van der Waals surface area (Å²) in [4.78, 5) is 6.71. The number of aromatic nitrogens is 1. The molecule has 2 heterocycles. The van der Waals surface area contributed by atoms with Crippen LogP contribution in [0.4, 0.5) is 0 Å². The molecule has 1 aromatic rings. The molecule has 0 aromatic carbocycles. The maximum Gasteiger partial charge on any atom is 0.0635 e. The maximum atomic E-state index is 9.05. The second kappa shape index (κ2) is 7.76. The monoisotopic (exact) mass is 282 g/mol. The molecule has 0 unspecified atom stereocenters. The largest absolute Gasteiger partial charge is 0.292 e. The van der Waals surface area contributed by atoms with Gasteiger partial charge in [0.05, 0.1) is 12.1 Å². The molecule has 1 aromatic heterocycles. The molecule has 0 bridgehead atoms. The van der Waals surface area contributed by atoms with Gasteiger partial charge in [0.15, 0.2) is 0 Å². The third-order valence-electron chi connectivity index (χ3n) is 4.47. The Morgan fingerprint density at radius 2 is 2.05 bits per heavy atom. The topological polar surface area (TPSA) is 63.7 Å². The van der Waals surface area contributed by atoms with E-state index in [4.69, 9.17) is 10.5 Å². The molecule has 21 heavy (non-hydrogen) atoms. The van der Waals surface area contributed by atoms with E-state index >= 15 is 0 Å². The highest BCUT2D eigenvalue weighted by molar-refractivity contribution is 5.22. The average Bonchev–Trinajstić information content (AvgIpc) is 2.75. The summed E-state index contributed by atoms with van der Waals surface area (Å²) >= 11 is 0. The van der Waals surface area contributed by atoms with Gasteiger partial charge < -0.3 is 0 Å². The first-order valence-electron chi connectivity index (χ1n) is 7.73. The van der Waals surface area contributed by atoms with Crippen molar-refractivity contribution in [1.82, 2.24) is 9.88 Å². The highest BCUT2D eigenvalue weighted by atomic mass is 15.2. The van der Waals surface area contributed by atoms with Gasteiger partial charge in [-0.3, -0.25) is 9.88 Å². The van der Waals surface area contributed by atoms with Crippen molar-refractivity contribution < 1.29 is 0 Å². The molecule has 1 saturated heterocycles. The van der Waals surface area contributed by atoms with Gasteiger partial charge in [0.2, 0.25) is 0 Å². The third kappa shape index (κ3) is 3.60. The van der Waals surface area contributed by atoms with Gasteiger partial charge in [-0.1, -0.05) is 18.9 Å². The lowest BCUT2D eigenvalue weighted by Crippen LogP contribution is -2.46. The molecule has 4 nitrogen and oxygen atoms in total. The Bertz CT molecular complexity index is 514. The second-order valence-electron chi connectivity index (χ2n) is 5.64. The number of nitriles is 2. The summed E-state index contributed by atoms with van der Waals surface area (Å²) in [6.07, 6.45) is 10.2. The Hall–Kier alpha value is -1.91. The van der Waals surface area contributed by atoms with Crippen molar-refractivity contribution in [2.75, 3.05) is 13.1 Å². The lowest BCUT2D eigenvalue weighted by Gasteiger charge is -2.43. The summed E-state index contributed by atoms with van der Waals surface area (Å²) in [5.41, 5.74) is 1.07. The Morgan fingerprint density at radius 1 is 1.19 bits per heavy atom. The van der Waals surface area contributed by atoms with E-state index < -0.39 is 0 Å². The van der Waals surface area contributed by atoms with Gasteiger partial charge in [-0.2, -0.15) is 10.5 Å². The van der Waals surface area contributed by atoms with Crippen molar-refractivity contribution in [2.24, 2.45) is 0 Å². The predicted octanol–water partition coefficient (Wildman–Crippen LogP) is 3.37. The van der Waals surface area contributed by atoms with Gasteiger partial charge in [0.25, 0.3) is 0 Å². The molecule has 2 rings (SSSR count). The smallest absolute Gasteiger partial charge is 0.0635 e. The van der Waals surface area contributed by atoms with Crippen LogP contribution < -0.4 is 0 Å². The van der Waals surface area contributed by atoms with Crippen LogP contribution in [-0.2, 0) is 5.54 Å². The zero-order valence-corrected chi connectivity index (χ0v) is 12.5. The Balaban J connectivity index is 2.37. The van der Waals surface area contributed by atoms with Gasteiger partial charge >= 0.3 is 0 Å². The first-order valence-corrected chi connectivity index (χ1v) is 7.73. The van der Waals surface area contributed by atoms with E-state index in [2.05, 4.69) is 28.1 Å². The molecule has 0 aliphatic carbocycles. The van der Waals surface area contributed by atoms with Crippen LogP contribution in [-0.4, -0.2) is 23.0 Å². The molecule has 0 amide bonds. The number of rotatable bonds is 5. The zero-order valence-electron chi connectivity index (χ0n) is 12.5. The van der Waals surface area contributed by atoms with E-state index in [1.165, 1.54) is 24.8 Å². The minimum absolute atomic E-state index is 0.128. The molecule has 110 valence electrons. The summed E-state index contributed by atoms with van der Waals surface area (Å²) in [7, 11) is 0. The molecule has 1 aliphatic rings. The maximum absolute atomic E-state index is 9.05.